The van der Waals surface area contributed by atoms with Crippen LogP contribution in [0.5, 0.6) is 0 Å². The zero-order valence-corrected chi connectivity index (χ0v) is 15.8. The molecule has 22 heavy (non-hydrogen) atoms. The topological polar surface area (TPSA) is 84.6 Å². The molecule has 1 saturated carbocycles. The Hall–Kier alpha value is -0.900. The van der Waals surface area contributed by atoms with Gasteiger partial charge in [0.1, 0.15) is 0 Å². The lowest BCUT2D eigenvalue weighted by molar-refractivity contribution is 0.0732. The molecule has 0 atom stereocenters. The van der Waals surface area contributed by atoms with E-state index in [9.17, 15) is 0 Å². The molecule has 0 aromatic carbocycles. The van der Waals surface area contributed by atoms with Crippen LogP contribution in [0.25, 0.3) is 0 Å². The summed E-state index contributed by atoms with van der Waals surface area (Å²) in [5, 5.41) is 10.3. The van der Waals surface area contributed by atoms with Gasteiger partial charge in [-0.1, -0.05) is 11.6 Å². The summed E-state index contributed by atoms with van der Waals surface area (Å²) in [5.41, 5.74) is 0.356. The summed E-state index contributed by atoms with van der Waals surface area (Å²) in [6, 6.07) is 0. The van der Waals surface area contributed by atoms with E-state index in [1.165, 1.54) is 19.3 Å². The zero-order chi connectivity index (χ0) is 15.1. The Morgan fingerprint density at radius 2 is 2.18 bits per heavy atom. The molecule has 0 spiro atoms. The lowest BCUT2D eigenvalue weighted by Gasteiger charge is -2.42. The van der Waals surface area contributed by atoms with Gasteiger partial charge >= 0.3 is 0 Å². The molecule has 0 saturated heterocycles. The highest BCUT2D eigenvalue weighted by Crippen LogP contribution is 2.43. The van der Waals surface area contributed by atoms with Gasteiger partial charge in [-0.05, 0) is 31.6 Å². The molecule has 7 nitrogen and oxygen atoms in total. The third-order valence-electron chi connectivity index (χ3n) is 4.08. The number of aromatic nitrogens is 2. The molecule has 0 aliphatic heterocycles. The molecule has 2 N–H and O–H groups in total. The summed E-state index contributed by atoms with van der Waals surface area (Å²) >= 11 is 0. The molecular weight excluding hydrogens is 397 g/mol. The van der Waals surface area contributed by atoms with E-state index in [0.717, 1.165) is 25.5 Å². The number of ether oxygens (including phenoxy) is 1. The molecule has 1 aromatic rings. The van der Waals surface area contributed by atoms with E-state index in [1.54, 1.807) is 21.1 Å². The van der Waals surface area contributed by atoms with Gasteiger partial charge in [-0.25, -0.2) is 0 Å². The summed E-state index contributed by atoms with van der Waals surface area (Å²) < 4.78 is 10.3. The molecule has 8 heteroatoms. The van der Waals surface area contributed by atoms with Crippen LogP contribution in [-0.4, -0.2) is 43.4 Å². The fourth-order valence-corrected chi connectivity index (χ4v) is 2.57. The first-order valence-electron chi connectivity index (χ1n) is 7.40. The summed E-state index contributed by atoms with van der Waals surface area (Å²) in [7, 11) is 3.52. The minimum Gasteiger partial charge on any atom is -0.385 e. The Kier molecular flexibility index (Phi) is 8.08. The first-order valence-corrected chi connectivity index (χ1v) is 7.40. The minimum atomic E-state index is 0. The average molecular weight is 423 g/mol. The SMILES string of the molecule is CN=C(NCc1nc(C)no1)NCC1(CCOC)CCC1.I. The van der Waals surface area contributed by atoms with Crippen molar-refractivity contribution in [1.82, 2.24) is 20.8 Å². The maximum absolute atomic E-state index is 5.21. The van der Waals surface area contributed by atoms with Gasteiger partial charge < -0.3 is 19.9 Å². The Balaban J connectivity index is 0.00000242. The van der Waals surface area contributed by atoms with Gasteiger partial charge in [0.15, 0.2) is 11.8 Å². The normalized spacial score (nSPS) is 16.6. The smallest absolute Gasteiger partial charge is 0.246 e. The second kappa shape index (κ2) is 9.29. The predicted molar refractivity (Wildman–Crippen MR) is 95.4 cm³/mol. The number of aryl methyl sites for hydroxylation is 1. The Morgan fingerprint density at radius 1 is 1.41 bits per heavy atom. The minimum absolute atomic E-state index is 0. The molecule has 1 aliphatic rings. The van der Waals surface area contributed by atoms with Crippen molar-refractivity contribution in [1.29, 1.82) is 0 Å². The Morgan fingerprint density at radius 3 is 2.68 bits per heavy atom. The van der Waals surface area contributed by atoms with Crippen LogP contribution in [0.4, 0.5) is 0 Å². The number of halogens is 1. The molecule has 1 fully saturated rings. The van der Waals surface area contributed by atoms with Crippen molar-refractivity contribution in [2.24, 2.45) is 10.4 Å². The molecule has 126 valence electrons. The summed E-state index contributed by atoms with van der Waals surface area (Å²) in [5.74, 6) is 1.96. The van der Waals surface area contributed by atoms with Gasteiger partial charge in [-0.15, -0.1) is 24.0 Å². The molecule has 1 heterocycles. The van der Waals surface area contributed by atoms with Crippen LogP contribution >= 0.6 is 24.0 Å². The van der Waals surface area contributed by atoms with Gasteiger partial charge in [0.25, 0.3) is 0 Å². The summed E-state index contributed by atoms with van der Waals surface area (Å²) in [6.07, 6.45) is 4.90. The van der Waals surface area contributed by atoms with Gasteiger partial charge in [-0.3, -0.25) is 4.99 Å². The largest absolute Gasteiger partial charge is 0.385 e. The van der Waals surface area contributed by atoms with Crippen molar-refractivity contribution in [3.05, 3.63) is 11.7 Å². The van der Waals surface area contributed by atoms with Crippen LogP contribution in [0.15, 0.2) is 9.52 Å². The second-order valence-corrected chi connectivity index (χ2v) is 5.61. The van der Waals surface area contributed by atoms with E-state index in [4.69, 9.17) is 9.26 Å². The van der Waals surface area contributed by atoms with E-state index >= 15 is 0 Å². The fraction of sp³-hybridized carbons (Fsp3) is 0.786. The monoisotopic (exact) mass is 423 g/mol. The van der Waals surface area contributed by atoms with Crippen molar-refractivity contribution in [2.75, 3.05) is 27.3 Å². The van der Waals surface area contributed by atoms with Crippen LogP contribution in [0, 0.1) is 12.3 Å². The van der Waals surface area contributed by atoms with Crippen molar-refractivity contribution < 1.29 is 9.26 Å². The third-order valence-corrected chi connectivity index (χ3v) is 4.08. The lowest BCUT2D eigenvalue weighted by atomic mass is 9.67. The second-order valence-electron chi connectivity index (χ2n) is 5.61. The third kappa shape index (κ3) is 5.38. The fourth-order valence-electron chi connectivity index (χ4n) is 2.57. The molecule has 0 bridgehead atoms. The van der Waals surface area contributed by atoms with Crippen molar-refractivity contribution in [3.8, 4) is 0 Å². The molecule has 1 aliphatic carbocycles. The number of rotatable bonds is 7. The van der Waals surface area contributed by atoms with E-state index in [0.29, 0.717) is 23.7 Å². The van der Waals surface area contributed by atoms with Gasteiger partial charge in [0.2, 0.25) is 5.89 Å². The number of nitrogens with zero attached hydrogens (tertiary/aromatic N) is 3. The predicted octanol–water partition coefficient (Wildman–Crippen LogP) is 1.87. The highest BCUT2D eigenvalue weighted by Gasteiger charge is 2.36. The quantitative estimate of drug-likeness (QED) is 0.396. The number of hydrogen-bond acceptors (Lipinski definition) is 5. The summed E-state index contributed by atoms with van der Waals surface area (Å²) in [6.45, 7) is 4.01. The van der Waals surface area contributed by atoms with Crippen LogP contribution in [0.2, 0.25) is 0 Å². The van der Waals surface area contributed by atoms with Crippen LogP contribution in [-0.2, 0) is 11.3 Å². The maximum atomic E-state index is 5.21. The Labute approximate surface area is 148 Å². The van der Waals surface area contributed by atoms with Crippen molar-refractivity contribution in [2.45, 2.75) is 39.2 Å². The molecule has 2 rings (SSSR count). The van der Waals surface area contributed by atoms with Crippen LogP contribution < -0.4 is 10.6 Å². The lowest BCUT2D eigenvalue weighted by Crippen LogP contribution is -2.46. The highest BCUT2D eigenvalue weighted by molar-refractivity contribution is 14.0. The van der Waals surface area contributed by atoms with E-state index in [1.807, 2.05) is 0 Å². The first-order chi connectivity index (χ1) is 10.2. The summed E-state index contributed by atoms with van der Waals surface area (Å²) in [4.78, 5) is 8.38. The molecule has 1 aromatic heterocycles. The number of aliphatic imine (C=N–C) groups is 1. The zero-order valence-electron chi connectivity index (χ0n) is 13.5. The van der Waals surface area contributed by atoms with Crippen LogP contribution in [0.1, 0.15) is 37.4 Å². The maximum Gasteiger partial charge on any atom is 0.246 e. The molecule has 0 unspecified atom stereocenters. The first kappa shape index (κ1) is 19.1. The number of hydrogen-bond donors (Lipinski definition) is 2. The van der Waals surface area contributed by atoms with E-state index in [-0.39, 0.29) is 24.0 Å². The van der Waals surface area contributed by atoms with E-state index in [2.05, 4.69) is 25.8 Å². The molecule has 0 amide bonds. The standard InChI is InChI=1S/C14H25N5O2.HI/c1-11-18-12(21-19-11)9-16-13(15-2)17-10-14(5-4-6-14)7-8-20-3;/h4-10H2,1-3H3,(H2,15,16,17);1H. The van der Waals surface area contributed by atoms with E-state index < -0.39 is 0 Å². The van der Waals surface area contributed by atoms with Crippen molar-refractivity contribution in [3.63, 3.8) is 0 Å². The molecular formula is C14H26IN5O2. The average Bonchev–Trinajstić information content (AvgIpc) is 2.86. The highest BCUT2D eigenvalue weighted by atomic mass is 127. The number of nitrogens with one attached hydrogen (secondary N) is 2. The number of guanidine groups is 1. The van der Waals surface area contributed by atoms with Gasteiger partial charge in [0, 0.05) is 27.3 Å². The van der Waals surface area contributed by atoms with Crippen LogP contribution in [0.3, 0.4) is 0 Å². The van der Waals surface area contributed by atoms with Gasteiger partial charge in [0.05, 0.1) is 6.54 Å². The van der Waals surface area contributed by atoms with Gasteiger partial charge in [-0.2, -0.15) is 4.98 Å². The van der Waals surface area contributed by atoms with Crippen molar-refractivity contribution >= 4 is 29.9 Å². The molecule has 0 radical (unpaired) electrons. The number of methoxy groups -OCH3 is 1. The Bertz CT molecular complexity index is 474.